The quantitative estimate of drug-likeness (QED) is 0.101. The Bertz CT molecular complexity index is 1460. The predicted octanol–water partition coefficient (Wildman–Crippen LogP) is -7.61. The molecule has 9 aliphatic rings. The number of nitrogens with one attached hydrogen (secondary N) is 3. The number of hydrogen-bond acceptors (Lipinski definition) is 21. The maximum Gasteiger partial charge on any atom is 0.335 e. The van der Waals surface area contributed by atoms with Crippen molar-refractivity contribution in [2.24, 2.45) is 0 Å². The molecule has 0 aromatic carbocycles. The zero-order valence-electron chi connectivity index (χ0n) is 31.0. The van der Waals surface area contributed by atoms with E-state index in [4.69, 9.17) is 42.6 Å². The van der Waals surface area contributed by atoms with Gasteiger partial charge in [-0.25, -0.2) is 4.79 Å². The number of carbonyl (C=O) groups excluding carboxylic acids is 4. The monoisotopic (exact) mass is 827 g/mol. The van der Waals surface area contributed by atoms with E-state index in [1.165, 1.54) is 0 Å². The number of fused-ring (bicyclic) bond motifs is 1. The van der Waals surface area contributed by atoms with Crippen LogP contribution in [-0.4, -0.2) is 213 Å². The van der Waals surface area contributed by atoms with Crippen molar-refractivity contribution in [3.63, 3.8) is 0 Å². The second-order valence-electron chi connectivity index (χ2n) is 14.1. The smallest absolute Gasteiger partial charge is 0.335 e. The number of aliphatic hydroxyl groups is 7. The van der Waals surface area contributed by atoms with E-state index in [2.05, 4.69) is 16.0 Å². The summed E-state index contributed by atoms with van der Waals surface area (Å²) in [5, 5.41) is 94.7. The minimum Gasteiger partial charge on any atom is -0.479 e. The summed E-state index contributed by atoms with van der Waals surface area (Å²) in [5.41, 5.74) is 0. The molecule has 0 aliphatic carbocycles. The van der Waals surface area contributed by atoms with Crippen LogP contribution in [0.5, 0.6) is 0 Å². The Morgan fingerprint density at radius 2 is 0.947 bits per heavy atom. The molecule has 0 spiro atoms. The molecule has 9 saturated heterocycles. The number of esters is 1. The Labute approximate surface area is 323 Å². The van der Waals surface area contributed by atoms with Crippen LogP contribution in [0, 0.1) is 0 Å². The summed E-state index contributed by atoms with van der Waals surface area (Å²) in [6.07, 6.45) is -32.0. The summed E-state index contributed by atoms with van der Waals surface area (Å²) in [6, 6.07) is -4.93. The van der Waals surface area contributed by atoms with Gasteiger partial charge in [0.1, 0.15) is 85.3 Å². The molecule has 3 amide bonds. The first-order chi connectivity index (χ1) is 26.9. The fourth-order valence-corrected chi connectivity index (χ4v) is 7.44. The van der Waals surface area contributed by atoms with Crippen LogP contribution >= 0.6 is 0 Å². The van der Waals surface area contributed by atoms with Crippen LogP contribution in [-0.2, 0) is 66.6 Å². The number of hydrogen-bond donors (Lipinski definition) is 11. The number of ether oxygens (including phenoxy) is 9. The van der Waals surface area contributed by atoms with Gasteiger partial charge in [-0.05, 0) is 0 Å². The molecule has 11 N–H and O–H groups in total. The van der Waals surface area contributed by atoms with Gasteiger partial charge in [-0.15, -0.1) is 0 Å². The van der Waals surface area contributed by atoms with Crippen LogP contribution < -0.4 is 16.0 Å². The third-order valence-corrected chi connectivity index (χ3v) is 9.90. The van der Waals surface area contributed by atoms with Crippen LogP contribution in [0.15, 0.2) is 0 Å². The van der Waals surface area contributed by atoms with Gasteiger partial charge >= 0.3 is 11.9 Å². The van der Waals surface area contributed by atoms with E-state index in [0.29, 0.717) is 0 Å². The number of carbonyl (C=O) groups is 5. The number of amides is 3. The van der Waals surface area contributed by atoms with E-state index in [1.54, 1.807) is 0 Å². The SMILES string of the molecule is CC(=O)N[C@H]1[C@H]2O[C@H]3[C@@H](O)[C@@H](CO)O[C@@H](O[C@H]4[C@H](O)[C@@H](O)[C@H](O[C@@H]5[C@H](OC(C)=O)[C@@H](NC(C)=O)[C@H](O[C@H]([C@@H]1O)[C@@H](CO)O2)O[C@@H]5CO)O[C@@H]4C(=O)O)[C@@H]3NC(C)=O. The average Bonchev–Trinajstić information content (AvgIpc) is 3.13. The molecule has 9 rings (SSSR count). The van der Waals surface area contributed by atoms with Gasteiger partial charge in [-0.1, -0.05) is 0 Å². The maximum atomic E-state index is 12.7. The van der Waals surface area contributed by atoms with E-state index in [0.717, 1.165) is 27.7 Å². The van der Waals surface area contributed by atoms with Crippen LogP contribution in [0.1, 0.15) is 27.7 Å². The van der Waals surface area contributed by atoms with Crippen molar-refractivity contribution in [3.8, 4) is 0 Å². The minimum atomic E-state index is -2.23. The molecule has 25 nitrogen and oxygen atoms in total. The van der Waals surface area contributed by atoms with Crippen molar-refractivity contribution in [1.29, 1.82) is 0 Å². The predicted molar refractivity (Wildman–Crippen MR) is 175 cm³/mol. The lowest BCUT2D eigenvalue weighted by Gasteiger charge is -2.50. The third-order valence-electron chi connectivity index (χ3n) is 9.90. The van der Waals surface area contributed by atoms with E-state index >= 15 is 0 Å². The zero-order chi connectivity index (χ0) is 42.0. The number of aliphatic carboxylic acids is 1. The summed E-state index contributed by atoms with van der Waals surface area (Å²) < 4.78 is 52.8. The molecule has 20 atom stereocenters. The lowest BCUT2D eigenvalue weighted by atomic mass is 9.93. The topological polar surface area (TPSA) is 366 Å². The zero-order valence-corrected chi connectivity index (χ0v) is 31.0. The van der Waals surface area contributed by atoms with E-state index in [-0.39, 0.29) is 0 Å². The standard InChI is InChI=1S/C32H49N3O22/c1-8(39)33-15-19(44)22-13(6-37)51-29(15)55-24-16(34-9(2)40)30(50-12(5-36)18(24)43)56-26-20(45)21(46)32(57-27(26)28(47)48)54-23-14(7-38)52-31(53-22)17(35-10(3)41)25(23)49-11(4)42/h12-27,29-32,36-38,43-46H,5-7H2,1-4H3,(H,33,39)(H,34,40)(H,35,41)(H,47,48)/t12-,13-,14-,15-,16-,17-,18+,19-,20-,21-,22+,23+,24-,25-,26+,27+,29-,30+,31+,32-/m1/s1. The summed E-state index contributed by atoms with van der Waals surface area (Å²) in [4.78, 5) is 62.8. The minimum absolute atomic E-state index is 0.764. The molecule has 0 saturated carbocycles. The van der Waals surface area contributed by atoms with Crippen molar-refractivity contribution in [3.05, 3.63) is 0 Å². The number of carboxylic acids is 1. The molecule has 324 valence electrons. The Hall–Kier alpha value is -3.25. The number of aliphatic hydroxyl groups excluding tert-OH is 7. The van der Waals surface area contributed by atoms with Gasteiger partial charge in [-0.2, -0.15) is 0 Å². The van der Waals surface area contributed by atoms with E-state index in [9.17, 15) is 64.8 Å². The van der Waals surface area contributed by atoms with Crippen LogP contribution in [0.2, 0.25) is 0 Å². The van der Waals surface area contributed by atoms with Gasteiger partial charge < -0.3 is 99.4 Å². The summed E-state index contributed by atoms with van der Waals surface area (Å²) in [7, 11) is 0. The van der Waals surface area contributed by atoms with Gasteiger partial charge in [0.25, 0.3) is 0 Å². The first-order valence-electron chi connectivity index (χ1n) is 17.9. The van der Waals surface area contributed by atoms with Gasteiger partial charge in [-0.3, -0.25) is 19.2 Å². The Balaban J connectivity index is 1.70. The molecule has 0 aromatic rings. The Kier molecular flexibility index (Phi) is 14.8. The first-order valence-corrected chi connectivity index (χ1v) is 17.9. The van der Waals surface area contributed by atoms with Crippen molar-refractivity contribution in [2.75, 3.05) is 19.8 Å². The lowest BCUT2D eigenvalue weighted by molar-refractivity contribution is -0.364. The van der Waals surface area contributed by atoms with Crippen LogP contribution in [0.3, 0.4) is 0 Å². The van der Waals surface area contributed by atoms with Gasteiger partial charge in [0.05, 0.1) is 19.8 Å². The number of carboxylic acid groups (broad SMARTS) is 1. The molecule has 0 radical (unpaired) electrons. The Morgan fingerprint density at radius 1 is 0.491 bits per heavy atom. The molecule has 9 heterocycles. The summed E-state index contributed by atoms with van der Waals surface area (Å²) in [6.45, 7) is 1.31. The molecule has 9 fully saturated rings. The molecule has 57 heavy (non-hydrogen) atoms. The van der Waals surface area contributed by atoms with Crippen molar-refractivity contribution in [1.82, 2.24) is 16.0 Å². The van der Waals surface area contributed by atoms with Gasteiger partial charge in [0.15, 0.2) is 37.4 Å². The molecule has 9 aliphatic heterocycles. The Morgan fingerprint density at radius 3 is 1.49 bits per heavy atom. The molecule has 0 unspecified atom stereocenters. The normalized spacial score (nSPS) is 44.8. The average molecular weight is 828 g/mol. The van der Waals surface area contributed by atoms with Crippen LogP contribution in [0.4, 0.5) is 0 Å². The second-order valence-corrected chi connectivity index (χ2v) is 14.1. The summed E-state index contributed by atoms with van der Waals surface area (Å²) in [5.74, 6) is -5.10. The fourth-order valence-electron chi connectivity index (χ4n) is 7.44. The molecule has 0 aromatic heterocycles. The lowest BCUT2D eigenvalue weighted by Crippen LogP contribution is -2.71. The molecule has 25 heteroatoms. The molecular formula is C32H49N3O22. The third kappa shape index (κ3) is 9.63. The van der Waals surface area contributed by atoms with Crippen molar-refractivity contribution >= 4 is 29.7 Å². The highest BCUT2D eigenvalue weighted by molar-refractivity contribution is 5.75. The van der Waals surface area contributed by atoms with E-state index in [1.807, 2.05) is 0 Å². The van der Waals surface area contributed by atoms with Crippen molar-refractivity contribution in [2.45, 2.75) is 150 Å². The highest BCUT2D eigenvalue weighted by Crippen LogP contribution is 2.37. The largest absolute Gasteiger partial charge is 0.479 e. The maximum absolute atomic E-state index is 12.7. The number of rotatable bonds is 8. The van der Waals surface area contributed by atoms with Crippen molar-refractivity contribution < 1.29 is 107 Å². The molecule has 8 bridgehead atoms. The van der Waals surface area contributed by atoms with Gasteiger partial charge in [0, 0.05) is 27.7 Å². The highest BCUT2D eigenvalue weighted by Gasteiger charge is 2.59. The first kappa shape index (κ1) is 44.8. The second kappa shape index (κ2) is 18.8. The van der Waals surface area contributed by atoms with Gasteiger partial charge in [0.2, 0.25) is 17.7 Å². The summed E-state index contributed by atoms with van der Waals surface area (Å²) >= 11 is 0. The highest BCUT2D eigenvalue weighted by atomic mass is 16.8. The van der Waals surface area contributed by atoms with E-state index < -0.39 is 172 Å². The fraction of sp³-hybridized carbons (Fsp3) is 0.844. The van der Waals surface area contributed by atoms with Crippen LogP contribution in [0.25, 0.3) is 0 Å². The molecular weight excluding hydrogens is 778 g/mol.